The summed E-state index contributed by atoms with van der Waals surface area (Å²) in [5.41, 5.74) is 2.15. The number of piperidine rings is 1. The highest BCUT2D eigenvalue weighted by molar-refractivity contribution is 7.99. The minimum absolute atomic E-state index is 0.0807. The molecule has 1 saturated heterocycles. The van der Waals surface area contributed by atoms with Gasteiger partial charge in [-0.1, -0.05) is 23.0 Å². The van der Waals surface area contributed by atoms with E-state index in [2.05, 4.69) is 15.4 Å². The molecule has 5 rings (SSSR count). The number of benzene rings is 1. The van der Waals surface area contributed by atoms with Gasteiger partial charge in [0.15, 0.2) is 16.4 Å². The number of rotatable bonds is 4. The first-order valence-corrected chi connectivity index (χ1v) is 10.4. The van der Waals surface area contributed by atoms with Gasteiger partial charge in [0.2, 0.25) is 5.91 Å². The van der Waals surface area contributed by atoms with Crippen LogP contribution in [-0.2, 0) is 4.79 Å². The molecule has 0 aliphatic carbocycles. The molecule has 29 heavy (non-hydrogen) atoms. The Labute approximate surface area is 169 Å². The third-order valence-electron chi connectivity index (χ3n) is 5.30. The molecule has 1 fully saturated rings. The number of likely N-dealkylation sites (tertiary alicyclic amines) is 1. The molecule has 0 spiro atoms. The zero-order valence-corrected chi connectivity index (χ0v) is 16.3. The number of halogens is 1. The van der Waals surface area contributed by atoms with Crippen LogP contribution in [-0.4, -0.2) is 49.4 Å². The monoisotopic (exact) mass is 411 g/mol. The molecular weight excluding hydrogens is 393 g/mol. The number of hydrogen-bond acceptors (Lipinski definition) is 6. The van der Waals surface area contributed by atoms with Crippen molar-refractivity contribution in [2.45, 2.75) is 23.9 Å². The minimum atomic E-state index is -0.299. The highest BCUT2D eigenvalue weighted by Crippen LogP contribution is 2.33. The first-order valence-electron chi connectivity index (χ1n) is 9.44. The fourth-order valence-corrected chi connectivity index (χ4v) is 4.59. The topological polar surface area (TPSA) is 76.5 Å². The van der Waals surface area contributed by atoms with E-state index in [1.165, 1.54) is 23.9 Å². The molecule has 7 nitrogen and oxygen atoms in total. The van der Waals surface area contributed by atoms with Crippen LogP contribution in [0.15, 0.2) is 52.3 Å². The molecule has 1 amide bonds. The van der Waals surface area contributed by atoms with Gasteiger partial charge in [-0.3, -0.25) is 9.20 Å². The standard InChI is InChI=1S/C20H18FN5O2S/c21-14-4-5-16-15(11-14)19(24-28-16)13-6-9-25(10-7-13)18(27)12-29-20-23-22-17-3-1-2-8-26(17)20/h1-5,8,11,13H,6-7,9-10,12H2. The Bertz CT molecular complexity index is 1180. The first kappa shape index (κ1) is 18.1. The first-order chi connectivity index (χ1) is 14.2. The zero-order chi connectivity index (χ0) is 19.8. The highest BCUT2D eigenvalue weighted by atomic mass is 32.2. The molecule has 0 saturated carbocycles. The summed E-state index contributed by atoms with van der Waals surface area (Å²) in [6.45, 7) is 1.29. The molecule has 0 bridgehead atoms. The Hall–Kier alpha value is -2.94. The largest absolute Gasteiger partial charge is 0.356 e. The van der Waals surface area contributed by atoms with E-state index in [1.807, 2.05) is 33.7 Å². The molecule has 0 atom stereocenters. The van der Waals surface area contributed by atoms with Crippen LogP contribution in [0.5, 0.6) is 0 Å². The van der Waals surface area contributed by atoms with Crippen LogP contribution < -0.4 is 0 Å². The lowest BCUT2D eigenvalue weighted by Gasteiger charge is -2.31. The van der Waals surface area contributed by atoms with Crippen molar-refractivity contribution in [2.75, 3.05) is 18.8 Å². The Kier molecular flexibility index (Phi) is 4.67. The van der Waals surface area contributed by atoms with Gasteiger partial charge in [-0.15, -0.1) is 10.2 Å². The molecule has 1 aliphatic rings. The molecular formula is C20H18FN5O2S. The third kappa shape index (κ3) is 3.46. The maximum absolute atomic E-state index is 13.6. The van der Waals surface area contributed by atoms with Gasteiger partial charge in [-0.2, -0.15) is 0 Å². The van der Waals surface area contributed by atoms with E-state index in [0.717, 1.165) is 29.6 Å². The van der Waals surface area contributed by atoms with E-state index in [0.29, 0.717) is 29.6 Å². The van der Waals surface area contributed by atoms with Crippen molar-refractivity contribution in [3.63, 3.8) is 0 Å². The van der Waals surface area contributed by atoms with Crippen LogP contribution in [0, 0.1) is 5.82 Å². The number of carbonyl (C=O) groups is 1. The van der Waals surface area contributed by atoms with Gasteiger partial charge in [-0.05, 0) is 43.2 Å². The lowest BCUT2D eigenvalue weighted by atomic mass is 9.91. The van der Waals surface area contributed by atoms with Gasteiger partial charge < -0.3 is 9.42 Å². The molecule has 0 N–H and O–H groups in total. The highest BCUT2D eigenvalue weighted by Gasteiger charge is 2.27. The number of carbonyl (C=O) groups excluding carboxylic acids is 1. The van der Waals surface area contributed by atoms with Gasteiger partial charge in [0.05, 0.1) is 11.4 Å². The SMILES string of the molecule is O=C(CSc1nnc2ccccn12)N1CCC(c2noc3ccc(F)cc23)CC1. The average molecular weight is 411 g/mol. The summed E-state index contributed by atoms with van der Waals surface area (Å²) in [5.74, 6) is 0.262. The lowest BCUT2D eigenvalue weighted by Crippen LogP contribution is -2.39. The fourth-order valence-electron chi connectivity index (χ4n) is 3.76. The van der Waals surface area contributed by atoms with Crippen LogP contribution in [0.25, 0.3) is 16.6 Å². The van der Waals surface area contributed by atoms with Crippen LogP contribution in [0.1, 0.15) is 24.5 Å². The van der Waals surface area contributed by atoms with Gasteiger partial charge in [0.25, 0.3) is 0 Å². The molecule has 4 aromatic rings. The number of hydrogen-bond donors (Lipinski definition) is 0. The molecule has 3 aromatic heterocycles. The van der Waals surface area contributed by atoms with Crippen LogP contribution in [0.2, 0.25) is 0 Å². The third-order valence-corrected chi connectivity index (χ3v) is 6.23. The van der Waals surface area contributed by atoms with Crippen molar-refractivity contribution in [3.8, 4) is 0 Å². The van der Waals surface area contributed by atoms with E-state index >= 15 is 0 Å². The molecule has 4 heterocycles. The average Bonchev–Trinajstić information content (AvgIpc) is 3.36. The Morgan fingerprint density at radius 3 is 2.93 bits per heavy atom. The summed E-state index contributed by atoms with van der Waals surface area (Å²) in [7, 11) is 0. The molecule has 148 valence electrons. The Morgan fingerprint density at radius 2 is 2.07 bits per heavy atom. The molecule has 9 heteroatoms. The maximum Gasteiger partial charge on any atom is 0.233 e. The number of nitrogens with zero attached hydrogens (tertiary/aromatic N) is 5. The van der Waals surface area contributed by atoms with E-state index < -0.39 is 0 Å². The van der Waals surface area contributed by atoms with Crippen molar-refractivity contribution in [1.29, 1.82) is 0 Å². The summed E-state index contributed by atoms with van der Waals surface area (Å²) in [6.07, 6.45) is 3.45. The second kappa shape index (κ2) is 7.47. The van der Waals surface area contributed by atoms with Crippen molar-refractivity contribution < 1.29 is 13.7 Å². The predicted octanol–water partition coefficient (Wildman–Crippen LogP) is 3.51. The smallest absolute Gasteiger partial charge is 0.233 e. The number of fused-ring (bicyclic) bond motifs is 2. The molecule has 0 unspecified atom stereocenters. The summed E-state index contributed by atoms with van der Waals surface area (Å²) >= 11 is 1.39. The minimum Gasteiger partial charge on any atom is -0.356 e. The second-order valence-electron chi connectivity index (χ2n) is 7.06. The number of thioether (sulfide) groups is 1. The maximum atomic E-state index is 13.6. The normalized spacial score (nSPS) is 15.4. The predicted molar refractivity (Wildman–Crippen MR) is 106 cm³/mol. The molecule has 1 aromatic carbocycles. The summed E-state index contributed by atoms with van der Waals surface area (Å²) in [5, 5.41) is 13.8. The van der Waals surface area contributed by atoms with Crippen LogP contribution >= 0.6 is 11.8 Å². The van der Waals surface area contributed by atoms with Crippen molar-refractivity contribution in [3.05, 3.63) is 54.1 Å². The number of aromatic nitrogens is 4. The quantitative estimate of drug-likeness (QED) is 0.479. The zero-order valence-electron chi connectivity index (χ0n) is 15.5. The van der Waals surface area contributed by atoms with E-state index in [1.54, 1.807) is 6.07 Å². The Morgan fingerprint density at radius 1 is 1.21 bits per heavy atom. The van der Waals surface area contributed by atoms with Crippen molar-refractivity contribution in [1.82, 2.24) is 24.7 Å². The fraction of sp³-hybridized carbons (Fsp3) is 0.300. The summed E-state index contributed by atoms with van der Waals surface area (Å²) in [6, 6.07) is 10.1. The number of pyridine rings is 1. The summed E-state index contributed by atoms with van der Waals surface area (Å²) in [4.78, 5) is 14.5. The van der Waals surface area contributed by atoms with Gasteiger partial charge in [0.1, 0.15) is 5.82 Å². The summed E-state index contributed by atoms with van der Waals surface area (Å²) < 4.78 is 20.8. The van der Waals surface area contributed by atoms with Crippen molar-refractivity contribution >= 4 is 34.3 Å². The van der Waals surface area contributed by atoms with Crippen LogP contribution in [0.3, 0.4) is 0 Å². The molecule has 1 aliphatic heterocycles. The van der Waals surface area contributed by atoms with Gasteiger partial charge >= 0.3 is 0 Å². The van der Waals surface area contributed by atoms with Crippen LogP contribution in [0.4, 0.5) is 4.39 Å². The Balaban J connectivity index is 1.21. The van der Waals surface area contributed by atoms with E-state index in [-0.39, 0.29) is 17.6 Å². The lowest BCUT2D eigenvalue weighted by molar-refractivity contribution is -0.129. The van der Waals surface area contributed by atoms with E-state index in [4.69, 9.17) is 4.52 Å². The number of amides is 1. The van der Waals surface area contributed by atoms with Crippen molar-refractivity contribution in [2.24, 2.45) is 0 Å². The second-order valence-corrected chi connectivity index (χ2v) is 8.01. The molecule has 0 radical (unpaired) electrons. The van der Waals surface area contributed by atoms with E-state index in [9.17, 15) is 9.18 Å². The van der Waals surface area contributed by atoms with Gasteiger partial charge in [0, 0.05) is 30.6 Å². The van der Waals surface area contributed by atoms with Gasteiger partial charge in [-0.25, -0.2) is 4.39 Å².